The monoisotopic (exact) mass is 426 g/mol. The molecule has 9 nitrogen and oxygen atoms in total. The Morgan fingerprint density at radius 1 is 0.938 bits per heavy atom. The van der Waals surface area contributed by atoms with Crippen LogP contribution in [0.25, 0.3) is 55.1 Å². The summed E-state index contributed by atoms with van der Waals surface area (Å²) in [6.07, 6.45) is 1.73. The van der Waals surface area contributed by atoms with Gasteiger partial charge in [-0.3, -0.25) is 14.7 Å². The molecule has 0 saturated carbocycles. The van der Waals surface area contributed by atoms with Crippen LogP contribution in [-0.4, -0.2) is 33.4 Å². The summed E-state index contributed by atoms with van der Waals surface area (Å²) >= 11 is 0. The number of aromatic amines is 3. The Balaban J connectivity index is 1.60. The largest absolute Gasteiger partial charge is 0.486 e. The molecule has 3 N–H and O–H groups in total. The van der Waals surface area contributed by atoms with Gasteiger partial charge in [0.15, 0.2) is 28.2 Å². The van der Waals surface area contributed by atoms with E-state index < -0.39 is 0 Å². The van der Waals surface area contributed by atoms with Gasteiger partial charge in [-0.1, -0.05) is 0 Å². The first kappa shape index (κ1) is 17.2. The molecular formula is C23H14N4O5. The third kappa shape index (κ3) is 2.30. The van der Waals surface area contributed by atoms with Gasteiger partial charge in [0.1, 0.15) is 24.3 Å². The number of hydrogen-bond donors (Lipinski definition) is 3. The van der Waals surface area contributed by atoms with Crippen LogP contribution < -0.4 is 20.5 Å². The number of nitrogens with zero attached hydrogens (tertiary/aromatic N) is 1. The predicted molar refractivity (Wildman–Crippen MR) is 119 cm³/mol. The second-order valence-corrected chi connectivity index (χ2v) is 7.70. The molecule has 0 atom stereocenters. The van der Waals surface area contributed by atoms with Crippen LogP contribution in [-0.2, 0) is 0 Å². The molecule has 9 heteroatoms. The number of benzene rings is 2. The number of ether oxygens (including phenoxy) is 2. The molecular weight excluding hydrogens is 412 g/mol. The highest BCUT2D eigenvalue weighted by atomic mass is 16.6. The minimum absolute atomic E-state index is 0.160. The third-order valence-corrected chi connectivity index (χ3v) is 5.79. The first-order chi connectivity index (χ1) is 15.7. The molecule has 5 heterocycles. The fourth-order valence-electron chi connectivity index (χ4n) is 4.36. The Bertz CT molecular complexity index is 1840. The van der Waals surface area contributed by atoms with Crippen molar-refractivity contribution in [2.24, 2.45) is 0 Å². The molecule has 0 fully saturated rings. The Morgan fingerprint density at radius 3 is 2.66 bits per heavy atom. The molecule has 1 aliphatic rings. The Hall–Kier alpha value is -4.53. The van der Waals surface area contributed by atoms with Crippen molar-refractivity contribution in [1.82, 2.24) is 20.2 Å². The van der Waals surface area contributed by atoms with Gasteiger partial charge >= 0.3 is 0 Å². The fourth-order valence-corrected chi connectivity index (χ4v) is 4.36. The third-order valence-electron chi connectivity index (χ3n) is 5.79. The number of aromatic nitrogens is 4. The van der Waals surface area contributed by atoms with Crippen molar-refractivity contribution in [3.8, 4) is 22.6 Å². The summed E-state index contributed by atoms with van der Waals surface area (Å²) in [5.41, 5.74) is 3.21. The van der Waals surface area contributed by atoms with E-state index in [4.69, 9.17) is 13.9 Å². The maximum Gasteiger partial charge on any atom is 0.256 e. The van der Waals surface area contributed by atoms with Crippen molar-refractivity contribution >= 4 is 44.0 Å². The van der Waals surface area contributed by atoms with E-state index >= 15 is 0 Å². The smallest absolute Gasteiger partial charge is 0.256 e. The summed E-state index contributed by atoms with van der Waals surface area (Å²) in [7, 11) is 0. The molecule has 0 spiro atoms. The number of hydrogen-bond acceptors (Lipinski definition) is 6. The van der Waals surface area contributed by atoms with Crippen LogP contribution in [0.4, 0.5) is 0 Å². The molecule has 0 radical (unpaired) electrons. The van der Waals surface area contributed by atoms with Crippen molar-refractivity contribution in [1.29, 1.82) is 0 Å². The van der Waals surface area contributed by atoms with Crippen LogP contribution in [0, 0.1) is 0 Å². The van der Waals surface area contributed by atoms with E-state index in [0.717, 1.165) is 5.39 Å². The fraction of sp³-hybridized carbons (Fsp3) is 0.0870. The number of pyridine rings is 2. The van der Waals surface area contributed by atoms with Crippen LogP contribution in [0.2, 0.25) is 0 Å². The van der Waals surface area contributed by atoms with Gasteiger partial charge in [-0.15, -0.1) is 0 Å². The van der Waals surface area contributed by atoms with Crippen LogP contribution in [0.3, 0.4) is 0 Å². The zero-order valence-corrected chi connectivity index (χ0v) is 16.4. The molecule has 4 aromatic heterocycles. The van der Waals surface area contributed by atoms with Gasteiger partial charge in [-0.05, 0) is 24.3 Å². The van der Waals surface area contributed by atoms with Gasteiger partial charge in [0, 0.05) is 40.1 Å². The molecule has 0 amide bonds. The van der Waals surface area contributed by atoms with Crippen molar-refractivity contribution in [3.63, 3.8) is 0 Å². The lowest BCUT2D eigenvalue weighted by Gasteiger charge is -2.19. The zero-order valence-electron chi connectivity index (χ0n) is 16.4. The second kappa shape index (κ2) is 6.01. The normalized spacial score (nSPS) is 13.5. The minimum atomic E-state index is -0.283. The molecule has 0 bridgehead atoms. The number of furan rings is 1. The molecule has 0 aliphatic carbocycles. The Kier molecular flexibility index (Phi) is 3.22. The van der Waals surface area contributed by atoms with Crippen molar-refractivity contribution in [3.05, 3.63) is 63.2 Å². The maximum absolute atomic E-state index is 13.2. The Morgan fingerprint density at radius 2 is 1.78 bits per heavy atom. The van der Waals surface area contributed by atoms with Crippen molar-refractivity contribution < 1.29 is 13.9 Å². The van der Waals surface area contributed by atoms with Crippen LogP contribution in [0.5, 0.6) is 11.5 Å². The topological polar surface area (TPSA) is 126 Å². The van der Waals surface area contributed by atoms with Crippen molar-refractivity contribution in [2.45, 2.75) is 0 Å². The average Bonchev–Trinajstić information content (AvgIpc) is 3.39. The van der Waals surface area contributed by atoms with Gasteiger partial charge < -0.3 is 24.0 Å². The highest BCUT2D eigenvalue weighted by Gasteiger charge is 2.22. The first-order valence-electron chi connectivity index (χ1n) is 10.0. The molecule has 6 aromatic rings. The van der Waals surface area contributed by atoms with E-state index in [-0.39, 0.29) is 11.0 Å². The summed E-state index contributed by atoms with van der Waals surface area (Å²) in [6, 6.07) is 10.0. The van der Waals surface area contributed by atoms with Crippen LogP contribution in [0.15, 0.2) is 56.6 Å². The van der Waals surface area contributed by atoms with Gasteiger partial charge in [0.2, 0.25) is 0 Å². The van der Waals surface area contributed by atoms with E-state index in [1.807, 2.05) is 6.07 Å². The number of rotatable bonds is 1. The Labute approximate surface area is 177 Å². The van der Waals surface area contributed by atoms with Crippen LogP contribution >= 0.6 is 0 Å². The van der Waals surface area contributed by atoms with Gasteiger partial charge in [-0.25, -0.2) is 4.98 Å². The highest BCUT2D eigenvalue weighted by molar-refractivity contribution is 6.14. The standard InChI is InChI=1S/C23H14N4O5/c28-11-1-2-12-16(7-11)32-21-19(14-9-24-27-22(14)26-20(12)21)13-5-10-6-17-18(31-4-3-30-17)8-15(10)25-23(13)29/h1-2,5-9H,3-4H2,(H,25,29)(H2,24,26,27). The van der Waals surface area contributed by atoms with E-state index in [1.165, 1.54) is 12.1 Å². The van der Waals surface area contributed by atoms with E-state index in [9.17, 15) is 9.59 Å². The SMILES string of the molecule is O=c1ccc2c(c1)oc1c(-c3cc4cc5c(cc4[nH]c3=O)OCCO5)c3c[nH][nH]c3nc12. The van der Waals surface area contributed by atoms with E-state index in [0.29, 0.717) is 74.5 Å². The highest BCUT2D eigenvalue weighted by Crippen LogP contribution is 2.39. The minimum Gasteiger partial charge on any atom is -0.486 e. The van der Waals surface area contributed by atoms with Gasteiger partial charge in [0.25, 0.3) is 5.56 Å². The molecule has 0 unspecified atom stereocenters. The van der Waals surface area contributed by atoms with Gasteiger partial charge in [-0.2, -0.15) is 0 Å². The average molecular weight is 426 g/mol. The lowest BCUT2D eigenvalue weighted by molar-refractivity contribution is 0.172. The predicted octanol–water partition coefficient (Wildman–Crippen LogP) is 3.43. The summed E-state index contributed by atoms with van der Waals surface area (Å²) in [5, 5.41) is 8.13. The molecule has 2 aromatic carbocycles. The quantitative estimate of drug-likeness (QED) is 0.370. The van der Waals surface area contributed by atoms with Gasteiger partial charge in [0.05, 0.1) is 11.1 Å². The summed E-state index contributed by atoms with van der Waals surface area (Å²) < 4.78 is 17.4. The van der Waals surface area contributed by atoms with E-state index in [2.05, 4.69) is 20.2 Å². The van der Waals surface area contributed by atoms with Crippen LogP contribution in [0.1, 0.15) is 0 Å². The zero-order chi connectivity index (χ0) is 21.4. The molecule has 1 aliphatic heterocycles. The molecule has 0 saturated heterocycles. The van der Waals surface area contributed by atoms with E-state index in [1.54, 1.807) is 24.4 Å². The first-order valence-corrected chi connectivity index (χ1v) is 10.0. The summed E-state index contributed by atoms with van der Waals surface area (Å²) in [4.78, 5) is 32.7. The molecule has 32 heavy (non-hydrogen) atoms. The summed E-state index contributed by atoms with van der Waals surface area (Å²) in [6.45, 7) is 0.940. The lowest BCUT2D eigenvalue weighted by atomic mass is 10.0. The molecule has 156 valence electrons. The number of nitrogens with one attached hydrogen (secondary N) is 3. The second-order valence-electron chi connectivity index (χ2n) is 7.70. The number of H-pyrrole nitrogens is 3. The van der Waals surface area contributed by atoms with Crippen molar-refractivity contribution in [2.75, 3.05) is 13.2 Å². The summed E-state index contributed by atoms with van der Waals surface area (Å²) in [5.74, 6) is 1.24. The number of fused-ring (bicyclic) bond motifs is 6. The lowest BCUT2D eigenvalue weighted by Crippen LogP contribution is -2.16. The maximum atomic E-state index is 13.2. The molecule has 7 rings (SSSR count).